The molecule has 1 amide bonds. The Morgan fingerprint density at radius 1 is 1.15 bits per heavy atom. The van der Waals surface area contributed by atoms with Crippen molar-refractivity contribution in [2.75, 3.05) is 5.32 Å². The number of anilines is 1. The lowest BCUT2D eigenvalue weighted by atomic mass is 10.1. The van der Waals surface area contributed by atoms with Crippen LogP contribution >= 0.6 is 11.6 Å². The van der Waals surface area contributed by atoms with E-state index >= 15 is 0 Å². The summed E-state index contributed by atoms with van der Waals surface area (Å²) in [6, 6.07) is 13.3. The SMILES string of the molecule is Cc1ccc(C)c(NC(=O)/C=C\c2cccc(Cl)c2)c1. The third kappa shape index (κ3) is 3.97. The van der Waals surface area contributed by atoms with E-state index in [2.05, 4.69) is 5.32 Å². The molecule has 2 nitrogen and oxygen atoms in total. The summed E-state index contributed by atoms with van der Waals surface area (Å²) in [4.78, 5) is 11.9. The Bertz CT molecular complexity index is 662. The van der Waals surface area contributed by atoms with Crippen molar-refractivity contribution in [1.82, 2.24) is 0 Å². The lowest BCUT2D eigenvalue weighted by molar-refractivity contribution is -0.111. The fourth-order valence-electron chi connectivity index (χ4n) is 1.83. The molecule has 0 bridgehead atoms. The molecule has 0 radical (unpaired) electrons. The highest BCUT2D eigenvalue weighted by Gasteiger charge is 2.01. The van der Waals surface area contributed by atoms with Gasteiger partial charge in [0.25, 0.3) is 0 Å². The molecule has 0 fully saturated rings. The molecule has 1 N–H and O–H groups in total. The molecule has 0 aliphatic heterocycles. The van der Waals surface area contributed by atoms with Crippen molar-refractivity contribution >= 4 is 29.3 Å². The first-order valence-electron chi connectivity index (χ1n) is 6.36. The quantitative estimate of drug-likeness (QED) is 0.820. The van der Waals surface area contributed by atoms with E-state index in [1.807, 2.05) is 50.2 Å². The predicted octanol–water partition coefficient (Wildman–Crippen LogP) is 4.61. The van der Waals surface area contributed by atoms with Crippen molar-refractivity contribution < 1.29 is 4.79 Å². The maximum Gasteiger partial charge on any atom is 0.248 e. The molecule has 2 aromatic rings. The Morgan fingerprint density at radius 3 is 2.70 bits per heavy atom. The van der Waals surface area contributed by atoms with Crippen LogP contribution in [0.3, 0.4) is 0 Å². The molecule has 0 atom stereocenters. The molecule has 3 heteroatoms. The summed E-state index contributed by atoms with van der Waals surface area (Å²) in [6.07, 6.45) is 3.25. The van der Waals surface area contributed by atoms with Crippen LogP contribution in [0.5, 0.6) is 0 Å². The summed E-state index contributed by atoms with van der Waals surface area (Å²) in [5.41, 5.74) is 3.89. The van der Waals surface area contributed by atoms with Gasteiger partial charge in [0.05, 0.1) is 0 Å². The van der Waals surface area contributed by atoms with Crippen LogP contribution in [0, 0.1) is 13.8 Å². The van der Waals surface area contributed by atoms with E-state index in [9.17, 15) is 4.79 Å². The first kappa shape index (κ1) is 14.4. The number of nitrogens with one attached hydrogen (secondary N) is 1. The van der Waals surface area contributed by atoms with Crippen LogP contribution in [0.25, 0.3) is 6.08 Å². The highest BCUT2D eigenvalue weighted by atomic mass is 35.5. The summed E-state index contributed by atoms with van der Waals surface area (Å²) < 4.78 is 0. The highest BCUT2D eigenvalue weighted by Crippen LogP contribution is 2.16. The van der Waals surface area contributed by atoms with Crippen LogP contribution in [-0.2, 0) is 4.79 Å². The number of benzene rings is 2. The smallest absolute Gasteiger partial charge is 0.248 e. The number of hydrogen-bond acceptors (Lipinski definition) is 1. The monoisotopic (exact) mass is 285 g/mol. The fraction of sp³-hybridized carbons (Fsp3) is 0.118. The Labute approximate surface area is 124 Å². The number of carbonyl (C=O) groups is 1. The standard InChI is InChI=1S/C17H16ClNO/c1-12-6-7-13(2)16(10-12)19-17(20)9-8-14-4-3-5-15(18)11-14/h3-11H,1-2H3,(H,19,20)/b9-8-. The van der Waals surface area contributed by atoms with Crippen molar-refractivity contribution in [2.45, 2.75) is 13.8 Å². The second-order valence-electron chi connectivity index (χ2n) is 4.70. The molecule has 2 rings (SSSR count). The minimum atomic E-state index is -0.154. The largest absolute Gasteiger partial charge is 0.322 e. The lowest BCUT2D eigenvalue weighted by Gasteiger charge is -2.07. The number of carbonyl (C=O) groups excluding carboxylic acids is 1. The molecule has 2 aromatic carbocycles. The van der Waals surface area contributed by atoms with Crippen LogP contribution in [-0.4, -0.2) is 5.91 Å². The number of amides is 1. The number of hydrogen-bond donors (Lipinski definition) is 1. The van der Waals surface area contributed by atoms with Crippen LogP contribution < -0.4 is 5.32 Å². The maximum atomic E-state index is 11.9. The Hall–Kier alpha value is -2.06. The first-order chi connectivity index (χ1) is 9.54. The van der Waals surface area contributed by atoms with E-state index in [0.717, 1.165) is 22.4 Å². The van der Waals surface area contributed by atoms with Crippen molar-refractivity contribution in [3.8, 4) is 0 Å². The number of rotatable bonds is 3. The van der Waals surface area contributed by atoms with Crippen molar-refractivity contribution in [3.05, 3.63) is 70.3 Å². The van der Waals surface area contributed by atoms with Gasteiger partial charge in [0.2, 0.25) is 5.91 Å². The predicted molar refractivity (Wildman–Crippen MR) is 85.0 cm³/mol. The minimum absolute atomic E-state index is 0.154. The fourth-order valence-corrected chi connectivity index (χ4v) is 2.03. The minimum Gasteiger partial charge on any atom is -0.322 e. The third-order valence-corrected chi connectivity index (χ3v) is 3.16. The summed E-state index contributed by atoms with van der Waals surface area (Å²) in [5.74, 6) is -0.154. The van der Waals surface area contributed by atoms with Gasteiger partial charge < -0.3 is 5.32 Å². The zero-order valence-electron chi connectivity index (χ0n) is 11.5. The van der Waals surface area contributed by atoms with Gasteiger partial charge in [0.15, 0.2) is 0 Å². The third-order valence-electron chi connectivity index (χ3n) is 2.93. The average molecular weight is 286 g/mol. The number of aryl methyl sites for hydroxylation is 2. The second-order valence-corrected chi connectivity index (χ2v) is 5.13. The highest BCUT2D eigenvalue weighted by molar-refractivity contribution is 6.30. The van der Waals surface area contributed by atoms with Gasteiger partial charge in [-0.1, -0.05) is 35.9 Å². The van der Waals surface area contributed by atoms with Crippen molar-refractivity contribution in [2.24, 2.45) is 0 Å². The summed E-state index contributed by atoms with van der Waals surface area (Å²) in [6.45, 7) is 3.96. The van der Waals surface area contributed by atoms with Crippen molar-refractivity contribution in [3.63, 3.8) is 0 Å². The molecule has 0 aromatic heterocycles. The molecule has 0 heterocycles. The van der Waals surface area contributed by atoms with E-state index in [-0.39, 0.29) is 5.91 Å². The summed E-state index contributed by atoms with van der Waals surface area (Å²) in [7, 11) is 0. The molecule has 0 unspecified atom stereocenters. The number of halogens is 1. The molecular formula is C17H16ClNO. The van der Waals surface area contributed by atoms with Gasteiger partial charge in [-0.15, -0.1) is 0 Å². The van der Waals surface area contributed by atoms with Gasteiger partial charge in [0.1, 0.15) is 0 Å². The van der Waals surface area contributed by atoms with Gasteiger partial charge >= 0.3 is 0 Å². The second kappa shape index (κ2) is 6.40. The molecule has 20 heavy (non-hydrogen) atoms. The average Bonchev–Trinajstić information content (AvgIpc) is 2.41. The van der Waals surface area contributed by atoms with Crippen LogP contribution in [0.4, 0.5) is 5.69 Å². The van der Waals surface area contributed by atoms with Gasteiger partial charge in [-0.05, 0) is 54.8 Å². The summed E-state index contributed by atoms with van der Waals surface area (Å²) in [5, 5.41) is 3.53. The van der Waals surface area contributed by atoms with Crippen LogP contribution in [0.1, 0.15) is 16.7 Å². The lowest BCUT2D eigenvalue weighted by Crippen LogP contribution is -2.09. The van der Waals surface area contributed by atoms with Gasteiger partial charge in [-0.3, -0.25) is 4.79 Å². The molecule has 0 saturated heterocycles. The van der Waals surface area contributed by atoms with E-state index in [1.54, 1.807) is 12.1 Å². The van der Waals surface area contributed by atoms with Gasteiger partial charge in [0, 0.05) is 16.8 Å². The Morgan fingerprint density at radius 2 is 1.95 bits per heavy atom. The van der Waals surface area contributed by atoms with Crippen LogP contribution in [0.2, 0.25) is 5.02 Å². The van der Waals surface area contributed by atoms with E-state index in [1.165, 1.54) is 6.08 Å². The normalized spacial score (nSPS) is 10.8. The van der Waals surface area contributed by atoms with E-state index in [4.69, 9.17) is 11.6 Å². The molecular weight excluding hydrogens is 270 g/mol. The molecule has 102 valence electrons. The van der Waals surface area contributed by atoms with Crippen molar-refractivity contribution in [1.29, 1.82) is 0 Å². The van der Waals surface area contributed by atoms with E-state index < -0.39 is 0 Å². The Kier molecular flexibility index (Phi) is 4.59. The first-order valence-corrected chi connectivity index (χ1v) is 6.74. The topological polar surface area (TPSA) is 29.1 Å². The molecule has 0 aliphatic carbocycles. The zero-order chi connectivity index (χ0) is 14.5. The molecule has 0 aliphatic rings. The Balaban J connectivity index is 2.07. The molecule has 0 spiro atoms. The summed E-state index contributed by atoms with van der Waals surface area (Å²) >= 11 is 5.89. The van der Waals surface area contributed by atoms with Gasteiger partial charge in [-0.25, -0.2) is 0 Å². The maximum absolute atomic E-state index is 11.9. The van der Waals surface area contributed by atoms with E-state index in [0.29, 0.717) is 5.02 Å². The zero-order valence-corrected chi connectivity index (χ0v) is 12.2. The molecule has 0 saturated carbocycles. The van der Waals surface area contributed by atoms with Crippen LogP contribution in [0.15, 0.2) is 48.5 Å². The van der Waals surface area contributed by atoms with Gasteiger partial charge in [-0.2, -0.15) is 0 Å².